The van der Waals surface area contributed by atoms with E-state index in [0.717, 1.165) is 28.0 Å². The van der Waals surface area contributed by atoms with Gasteiger partial charge < -0.3 is 14.2 Å². The van der Waals surface area contributed by atoms with Crippen LogP contribution in [0.25, 0.3) is 10.9 Å². The summed E-state index contributed by atoms with van der Waals surface area (Å²) in [5.74, 6) is 1.10. The first-order valence-corrected chi connectivity index (χ1v) is 7.86. The van der Waals surface area contributed by atoms with Crippen LogP contribution in [0, 0.1) is 6.92 Å². The topological polar surface area (TPSA) is 57.7 Å². The third-order valence-corrected chi connectivity index (χ3v) is 3.96. The summed E-state index contributed by atoms with van der Waals surface area (Å²) in [6.07, 6.45) is 0. The number of aryl methyl sites for hydroxylation is 1. The monoisotopic (exact) mass is 337 g/mol. The number of methoxy groups -OCH3 is 2. The Hall–Kier alpha value is -3.08. The number of carbonyl (C=O) groups excluding carboxylic acids is 1. The Kier molecular flexibility index (Phi) is 4.84. The van der Waals surface area contributed by atoms with Crippen LogP contribution in [0.4, 0.5) is 0 Å². The summed E-state index contributed by atoms with van der Waals surface area (Å²) in [6, 6.07) is 14.8. The molecule has 0 aliphatic rings. The maximum Gasteiger partial charge on any atom is 0.340 e. The third kappa shape index (κ3) is 3.71. The molecule has 0 saturated carbocycles. The van der Waals surface area contributed by atoms with Crippen molar-refractivity contribution in [3.63, 3.8) is 0 Å². The largest absolute Gasteiger partial charge is 0.497 e. The fourth-order valence-corrected chi connectivity index (χ4v) is 2.53. The van der Waals surface area contributed by atoms with Crippen molar-refractivity contribution in [2.75, 3.05) is 14.2 Å². The van der Waals surface area contributed by atoms with Crippen LogP contribution in [0.15, 0.2) is 48.5 Å². The van der Waals surface area contributed by atoms with E-state index in [4.69, 9.17) is 14.2 Å². The van der Waals surface area contributed by atoms with Gasteiger partial charge in [0.05, 0.1) is 31.0 Å². The van der Waals surface area contributed by atoms with E-state index >= 15 is 0 Å². The van der Waals surface area contributed by atoms with Crippen LogP contribution in [0.2, 0.25) is 0 Å². The Balaban J connectivity index is 1.77. The van der Waals surface area contributed by atoms with E-state index < -0.39 is 5.97 Å². The number of benzene rings is 2. The van der Waals surface area contributed by atoms with Crippen LogP contribution in [-0.4, -0.2) is 25.2 Å². The number of rotatable bonds is 5. The average Bonchev–Trinajstić information content (AvgIpc) is 2.65. The zero-order valence-corrected chi connectivity index (χ0v) is 14.4. The van der Waals surface area contributed by atoms with Crippen LogP contribution >= 0.6 is 0 Å². The van der Waals surface area contributed by atoms with Gasteiger partial charge in [0, 0.05) is 11.5 Å². The molecule has 5 nitrogen and oxygen atoms in total. The molecule has 2 aromatic carbocycles. The molecule has 5 heteroatoms. The summed E-state index contributed by atoms with van der Waals surface area (Å²) < 4.78 is 15.7. The second-order valence-corrected chi connectivity index (χ2v) is 5.60. The van der Waals surface area contributed by atoms with Crippen molar-refractivity contribution in [1.82, 2.24) is 4.98 Å². The maximum atomic E-state index is 12.4. The summed E-state index contributed by atoms with van der Waals surface area (Å²) >= 11 is 0. The molecule has 0 amide bonds. The summed E-state index contributed by atoms with van der Waals surface area (Å²) in [4.78, 5) is 16.9. The van der Waals surface area contributed by atoms with E-state index in [-0.39, 0.29) is 6.61 Å². The molecule has 128 valence electrons. The Morgan fingerprint density at radius 2 is 1.64 bits per heavy atom. The normalized spacial score (nSPS) is 10.5. The lowest BCUT2D eigenvalue weighted by atomic mass is 10.1. The molecular formula is C20H19NO4. The molecule has 1 aromatic heterocycles. The van der Waals surface area contributed by atoms with Gasteiger partial charge in [0.25, 0.3) is 0 Å². The first kappa shape index (κ1) is 16.8. The Bertz CT molecular complexity index is 903. The number of pyridine rings is 1. The molecule has 0 atom stereocenters. The molecule has 0 spiro atoms. The zero-order valence-electron chi connectivity index (χ0n) is 14.4. The Morgan fingerprint density at radius 1 is 0.960 bits per heavy atom. The molecule has 3 rings (SSSR count). The van der Waals surface area contributed by atoms with Gasteiger partial charge in [0.1, 0.15) is 18.1 Å². The highest BCUT2D eigenvalue weighted by atomic mass is 16.5. The number of esters is 1. The highest BCUT2D eigenvalue weighted by Crippen LogP contribution is 2.22. The summed E-state index contributed by atoms with van der Waals surface area (Å²) in [7, 11) is 3.22. The van der Waals surface area contributed by atoms with E-state index in [2.05, 4.69) is 4.98 Å². The molecular weight excluding hydrogens is 318 g/mol. The molecule has 0 unspecified atom stereocenters. The van der Waals surface area contributed by atoms with Gasteiger partial charge in [-0.15, -0.1) is 0 Å². The number of hydrogen-bond acceptors (Lipinski definition) is 5. The minimum absolute atomic E-state index is 0.197. The molecule has 0 saturated heterocycles. The highest BCUT2D eigenvalue weighted by Gasteiger charge is 2.14. The number of nitrogens with zero attached hydrogens (tertiary/aromatic N) is 1. The smallest absolute Gasteiger partial charge is 0.340 e. The fourth-order valence-electron chi connectivity index (χ4n) is 2.53. The second-order valence-electron chi connectivity index (χ2n) is 5.60. The third-order valence-electron chi connectivity index (χ3n) is 3.96. The standard InChI is InChI=1S/C20H19NO4/c1-13-18(10-15-6-9-17(24-3)11-19(15)21-13)20(22)25-12-14-4-7-16(23-2)8-5-14/h4-11H,12H2,1-3H3. The van der Waals surface area contributed by atoms with Gasteiger partial charge in [-0.2, -0.15) is 0 Å². The molecule has 0 N–H and O–H groups in total. The second kappa shape index (κ2) is 7.21. The lowest BCUT2D eigenvalue weighted by Crippen LogP contribution is -2.08. The summed E-state index contributed by atoms with van der Waals surface area (Å²) in [6.45, 7) is 1.99. The van der Waals surface area contributed by atoms with Crippen molar-refractivity contribution in [1.29, 1.82) is 0 Å². The van der Waals surface area contributed by atoms with E-state index in [1.807, 2.05) is 42.5 Å². The van der Waals surface area contributed by atoms with Crippen molar-refractivity contribution >= 4 is 16.9 Å². The predicted molar refractivity (Wildman–Crippen MR) is 95.1 cm³/mol. The van der Waals surface area contributed by atoms with Gasteiger partial charge in [-0.1, -0.05) is 12.1 Å². The quantitative estimate of drug-likeness (QED) is 0.661. The Labute approximate surface area is 146 Å². The Morgan fingerprint density at radius 3 is 2.32 bits per heavy atom. The number of fused-ring (bicyclic) bond motifs is 1. The molecule has 0 aliphatic heterocycles. The summed E-state index contributed by atoms with van der Waals surface area (Å²) in [5, 5.41) is 0.864. The maximum absolute atomic E-state index is 12.4. The van der Waals surface area contributed by atoms with Gasteiger partial charge in [-0.05, 0) is 42.8 Å². The van der Waals surface area contributed by atoms with Gasteiger partial charge in [0.2, 0.25) is 0 Å². The van der Waals surface area contributed by atoms with Crippen molar-refractivity contribution in [2.24, 2.45) is 0 Å². The van der Waals surface area contributed by atoms with Gasteiger partial charge in [-0.25, -0.2) is 4.79 Å². The molecule has 0 radical (unpaired) electrons. The zero-order chi connectivity index (χ0) is 17.8. The van der Waals surface area contributed by atoms with E-state index in [0.29, 0.717) is 11.3 Å². The fraction of sp³-hybridized carbons (Fsp3) is 0.200. The van der Waals surface area contributed by atoms with Crippen molar-refractivity contribution < 1.29 is 19.0 Å². The number of hydrogen-bond donors (Lipinski definition) is 0. The van der Waals surface area contributed by atoms with Crippen molar-refractivity contribution in [3.8, 4) is 11.5 Å². The number of aromatic nitrogens is 1. The van der Waals surface area contributed by atoms with Crippen LogP contribution < -0.4 is 9.47 Å². The first-order valence-electron chi connectivity index (χ1n) is 7.86. The van der Waals surface area contributed by atoms with E-state index in [1.165, 1.54) is 0 Å². The first-order chi connectivity index (χ1) is 12.1. The number of ether oxygens (including phenoxy) is 3. The van der Waals surface area contributed by atoms with Crippen molar-refractivity contribution in [2.45, 2.75) is 13.5 Å². The lowest BCUT2D eigenvalue weighted by molar-refractivity contribution is 0.0471. The molecule has 0 fully saturated rings. The van der Waals surface area contributed by atoms with Crippen LogP contribution in [0.5, 0.6) is 11.5 Å². The molecule has 0 bridgehead atoms. The van der Waals surface area contributed by atoms with Gasteiger partial charge >= 0.3 is 5.97 Å². The van der Waals surface area contributed by atoms with E-state index in [9.17, 15) is 4.79 Å². The lowest BCUT2D eigenvalue weighted by Gasteiger charge is -2.09. The summed E-state index contributed by atoms with van der Waals surface area (Å²) in [5.41, 5.74) is 2.76. The van der Waals surface area contributed by atoms with Crippen LogP contribution in [0.1, 0.15) is 21.6 Å². The minimum Gasteiger partial charge on any atom is -0.497 e. The van der Waals surface area contributed by atoms with Crippen LogP contribution in [0.3, 0.4) is 0 Å². The predicted octanol–water partition coefficient (Wildman–Crippen LogP) is 3.92. The molecule has 1 heterocycles. The number of carbonyl (C=O) groups is 1. The van der Waals surface area contributed by atoms with Gasteiger partial charge in [0.15, 0.2) is 0 Å². The molecule has 0 aliphatic carbocycles. The van der Waals surface area contributed by atoms with E-state index in [1.54, 1.807) is 27.2 Å². The molecule has 25 heavy (non-hydrogen) atoms. The molecule has 3 aromatic rings. The SMILES string of the molecule is COc1ccc(COC(=O)c2cc3ccc(OC)cc3nc2C)cc1. The minimum atomic E-state index is -0.390. The van der Waals surface area contributed by atoms with Crippen molar-refractivity contribution in [3.05, 3.63) is 65.4 Å². The average molecular weight is 337 g/mol. The highest BCUT2D eigenvalue weighted by molar-refractivity contribution is 5.95. The van der Waals surface area contributed by atoms with Gasteiger partial charge in [-0.3, -0.25) is 4.98 Å². The van der Waals surface area contributed by atoms with Crippen LogP contribution in [-0.2, 0) is 11.3 Å².